The normalized spacial score (nSPS) is 11.6. The van der Waals surface area contributed by atoms with E-state index in [1.54, 1.807) is 14.0 Å². The lowest BCUT2D eigenvalue weighted by Gasteiger charge is -2.06. The molecule has 0 bridgehead atoms. The van der Waals surface area contributed by atoms with Gasteiger partial charge in [0.15, 0.2) is 0 Å². The Hall–Kier alpha value is -1.90. The summed E-state index contributed by atoms with van der Waals surface area (Å²) in [5.41, 5.74) is 0.556. The fourth-order valence-corrected chi connectivity index (χ4v) is 2.36. The van der Waals surface area contributed by atoms with Crippen molar-refractivity contribution in [1.29, 1.82) is 0 Å². The number of aryl methyl sites for hydroxylation is 1. The molecule has 0 aliphatic rings. The maximum atomic E-state index is 11.9. The monoisotopic (exact) mass is 242 g/mol. The van der Waals surface area contributed by atoms with Crippen LogP contribution in [0.1, 0.15) is 5.69 Å². The van der Waals surface area contributed by atoms with Gasteiger partial charge in [-0.1, -0.05) is 0 Å². The minimum absolute atomic E-state index is 0.128. The Morgan fingerprint density at radius 2 is 1.94 bits per heavy atom. The van der Waals surface area contributed by atoms with Gasteiger partial charge in [-0.15, -0.1) is 10.2 Å². The minimum atomic E-state index is -3.64. The van der Waals surface area contributed by atoms with Gasteiger partial charge in [-0.3, -0.25) is 4.68 Å². The van der Waals surface area contributed by atoms with Crippen molar-refractivity contribution in [2.24, 2.45) is 7.05 Å². The molecule has 2 rings (SSSR count). The van der Waals surface area contributed by atoms with Crippen LogP contribution in [0, 0.1) is 6.92 Å². The molecule has 16 heavy (non-hydrogen) atoms. The molecule has 0 aromatic carbocycles. The van der Waals surface area contributed by atoms with Crippen molar-refractivity contribution in [3.8, 4) is 0 Å². The van der Waals surface area contributed by atoms with Gasteiger partial charge >= 0.3 is 0 Å². The van der Waals surface area contributed by atoms with Crippen LogP contribution in [-0.2, 0) is 17.1 Å². The number of nitrogens with one attached hydrogen (secondary N) is 1. The molecule has 0 saturated heterocycles. The molecule has 0 aliphatic carbocycles. The Labute approximate surface area is 91.9 Å². The molecule has 0 spiro atoms. The van der Waals surface area contributed by atoms with E-state index in [0.29, 0.717) is 5.69 Å². The zero-order valence-electron chi connectivity index (χ0n) is 8.69. The highest BCUT2D eigenvalue weighted by Gasteiger charge is 2.19. The van der Waals surface area contributed by atoms with E-state index in [4.69, 9.17) is 0 Å². The van der Waals surface area contributed by atoms with Crippen molar-refractivity contribution in [3.63, 3.8) is 0 Å². The van der Waals surface area contributed by atoms with Crippen molar-refractivity contribution >= 4 is 10.0 Å². The van der Waals surface area contributed by atoms with Gasteiger partial charge in [0, 0.05) is 7.05 Å². The first-order valence-corrected chi connectivity index (χ1v) is 5.85. The molecular weight excluding hydrogens is 232 g/mol. The molecule has 86 valence electrons. The quantitative estimate of drug-likeness (QED) is 0.764. The number of rotatable bonds is 3. The first kappa shape index (κ1) is 10.6. The van der Waals surface area contributed by atoms with E-state index in [-0.39, 0.29) is 4.90 Å². The molecule has 0 radical (unpaired) electrons. The van der Waals surface area contributed by atoms with Crippen molar-refractivity contribution in [1.82, 2.24) is 24.7 Å². The van der Waals surface area contributed by atoms with Gasteiger partial charge in [-0.2, -0.15) is 13.5 Å². The van der Waals surface area contributed by atoms with E-state index < -0.39 is 10.0 Å². The summed E-state index contributed by atoms with van der Waals surface area (Å²) < 4.78 is 26.4. The summed E-state index contributed by atoms with van der Waals surface area (Å²) in [7, 11) is -1.97. The molecule has 0 atom stereocenters. The van der Waals surface area contributed by atoms with Crippen LogP contribution in [-0.4, -0.2) is 33.1 Å². The maximum absolute atomic E-state index is 11.9. The molecule has 8 nitrogen and oxygen atoms in total. The highest BCUT2D eigenvalue weighted by Crippen LogP contribution is 2.13. The van der Waals surface area contributed by atoms with E-state index in [9.17, 15) is 8.42 Å². The summed E-state index contributed by atoms with van der Waals surface area (Å²) in [6.07, 6.45) is 3.80. The molecule has 0 aliphatic heterocycles. The summed E-state index contributed by atoms with van der Waals surface area (Å²) in [6.45, 7) is 1.67. The van der Waals surface area contributed by atoms with Crippen LogP contribution in [0.25, 0.3) is 0 Å². The lowest BCUT2D eigenvalue weighted by molar-refractivity contribution is 0.594. The van der Waals surface area contributed by atoms with Crippen LogP contribution in [0.5, 0.6) is 0 Å². The summed E-state index contributed by atoms with van der Waals surface area (Å²) in [5, 5.41) is 10.9. The molecule has 2 aromatic heterocycles. The predicted octanol–water partition coefficient (Wildman–Crippen LogP) is -0.748. The second kappa shape index (κ2) is 3.59. The van der Waals surface area contributed by atoms with Gasteiger partial charge in [0.1, 0.15) is 17.6 Å². The number of aromatic nitrogens is 5. The Kier molecular flexibility index (Phi) is 2.38. The van der Waals surface area contributed by atoms with Gasteiger partial charge in [-0.05, 0) is 6.92 Å². The molecule has 0 saturated carbocycles. The molecule has 1 N–H and O–H groups in total. The van der Waals surface area contributed by atoms with Gasteiger partial charge in [0.05, 0.1) is 11.9 Å². The molecule has 0 amide bonds. The third-order valence-electron chi connectivity index (χ3n) is 2.12. The van der Waals surface area contributed by atoms with Crippen molar-refractivity contribution in [2.45, 2.75) is 11.8 Å². The van der Waals surface area contributed by atoms with Crippen LogP contribution < -0.4 is 4.83 Å². The predicted molar refractivity (Wildman–Crippen MR) is 54.5 cm³/mol. The van der Waals surface area contributed by atoms with Crippen molar-refractivity contribution < 1.29 is 8.42 Å². The molecule has 2 heterocycles. The largest absolute Gasteiger partial charge is 0.278 e. The van der Waals surface area contributed by atoms with Crippen molar-refractivity contribution in [3.05, 3.63) is 24.5 Å². The number of hydrogen-bond donors (Lipinski definition) is 1. The molecule has 0 fully saturated rings. The van der Waals surface area contributed by atoms with Crippen LogP contribution in [0.2, 0.25) is 0 Å². The Bertz CT molecular complexity index is 584. The van der Waals surface area contributed by atoms with Gasteiger partial charge in [0.2, 0.25) is 0 Å². The average Bonchev–Trinajstić information content (AvgIpc) is 2.78. The van der Waals surface area contributed by atoms with Gasteiger partial charge < -0.3 is 0 Å². The van der Waals surface area contributed by atoms with E-state index in [0.717, 1.165) is 4.68 Å². The molecule has 9 heteroatoms. The van der Waals surface area contributed by atoms with Gasteiger partial charge in [0.25, 0.3) is 10.0 Å². The summed E-state index contributed by atoms with van der Waals surface area (Å²) >= 11 is 0. The maximum Gasteiger partial charge on any atom is 0.278 e. The SMILES string of the molecule is Cc1c(S(=O)(=O)Nn2cnnc2)cnn1C. The number of hydrogen-bond acceptors (Lipinski definition) is 5. The Morgan fingerprint density at radius 1 is 1.31 bits per heavy atom. The topological polar surface area (TPSA) is 94.7 Å². The molecular formula is C7H10N6O2S. The lowest BCUT2D eigenvalue weighted by Crippen LogP contribution is -2.22. The van der Waals surface area contributed by atoms with E-state index in [2.05, 4.69) is 20.1 Å². The van der Waals surface area contributed by atoms with Crippen LogP contribution in [0.15, 0.2) is 23.7 Å². The first-order chi connectivity index (χ1) is 7.50. The summed E-state index contributed by atoms with van der Waals surface area (Å²) in [6, 6.07) is 0. The fourth-order valence-electron chi connectivity index (χ4n) is 1.18. The minimum Gasteiger partial charge on any atom is -0.272 e. The standard InChI is InChI=1S/C7H10N6O2S/c1-6-7(3-10-12(6)2)16(14,15)11-13-4-8-9-5-13/h3-5,11H,1-2H3. The highest BCUT2D eigenvalue weighted by atomic mass is 32.2. The average molecular weight is 242 g/mol. The van der Waals surface area contributed by atoms with Crippen molar-refractivity contribution in [2.75, 3.05) is 4.83 Å². The Balaban J connectivity index is 2.36. The van der Waals surface area contributed by atoms with E-state index in [1.807, 2.05) is 0 Å². The number of nitrogens with zero attached hydrogens (tertiary/aromatic N) is 5. The van der Waals surface area contributed by atoms with Crippen LogP contribution >= 0.6 is 0 Å². The zero-order valence-corrected chi connectivity index (χ0v) is 9.51. The van der Waals surface area contributed by atoms with Gasteiger partial charge in [-0.25, -0.2) is 9.51 Å². The van der Waals surface area contributed by atoms with Crippen LogP contribution in [0.4, 0.5) is 0 Å². The smallest absolute Gasteiger partial charge is 0.272 e. The third kappa shape index (κ3) is 1.76. The summed E-state index contributed by atoms with van der Waals surface area (Å²) in [5.74, 6) is 0. The van der Waals surface area contributed by atoms with E-state index in [1.165, 1.54) is 23.5 Å². The van der Waals surface area contributed by atoms with Crippen LogP contribution in [0.3, 0.4) is 0 Å². The summed E-state index contributed by atoms with van der Waals surface area (Å²) in [4.78, 5) is 2.41. The highest BCUT2D eigenvalue weighted by molar-refractivity contribution is 7.92. The Morgan fingerprint density at radius 3 is 2.44 bits per heavy atom. The molecule has 2 aromatic rings. The second-order valence-electron chi connectivity index (χ2n) is 3.18. The zero-order chi connectivity index (χ0) is 11.8. The lowest BCUT2D eigenvalue weighted by atomic mass is 10.5. The fraction of sp³-hybridized carbons (Fsp3) is 0.286. The second-order valence-corrected chi connectivity index (χ2v) is 4.81. The first-order valence-electron chi connectivity index (χ1n) is 4.37. The third-order valence-corrected chi connectivity index (χ3v) is 3.56. The van der Waals surface area contributed by atoms with E-state index >= 15 is 0 Å². The molecule has 0 unspecified atom stereocenters. The number of sulfonamides is 1.